The van der Waals surface area contributed by atoms with Crippen LogP contribution < -0.4 is 0 Å². The fraction of sp³-hybridized carbons (Fsp3) is 0.824. The monoisotopic (exact) mass is 464 g/mol. The summed E-state index contributed by atoms with van der Waals surface area (Å²) >= 11 is 0. The molecular formula is C34H56. The van der Waals surface area contributed by atoms with Gasteiger partial charge in [0.1, 0.15) is 0 Å². The summed E-state index contributed by atoms with van der Waals surface area (Å²) in [7, 11) is 0. The molecule has 3 unspecified atom stereocenters. The Morgan fingerprint density at radius 3 is 2.03 bits per heavy atom. The third-order valence-corrected chi connectivity index (χ3v) is 11.1. The molecule has 0 bridgehead atoms. The summed E-state index contributed by atoms with van der Waals surface area (Å²) in [5, 5.41) is 0. The van der Waals surface area contributed by atoms with Gasteiger partial charge in [-0.15, -0.1) is 0 Å². The van der Waals surface area contributed by atoms with Crippen molar-refractivity contribution in [3.8, 4) is 0 Å². The molecule has 0 aromatic heterocycles. The highest BCUT2D eigenvalue weighted by Crippen LogP contribution is 2.65. The van der Waals surface area contributed by atoms with E-state index in [2.05, 4.69) is 87.4 Å². The van der Waals surface area contributed by atoms with Crippen LogP contribution in [0.5, 0.6) is 0 Å². The lowest BCUT2D eigenvalue weighted by Gasteiger charge is -2.62. The Labute approximate surface area is 213 Å². The second-order valence-electron chi connectivity index (χ2n) is 15.8. The molecule has 0 amide bonds. The summed E-state index contributed by atoms with van der Waals surface area (Å²) in [6.45, 7) is 24.9. The minimum Gasteiger partial charge on any atom is -0.0625 e. The molecule has 0 saturated heterocycles. The van der Waals surface area contributed by atoms with Crippen LogP contribution in [0.3, 0.4) is 0 Å². The summed E-state index contributed by atoms with van der Waals surface area (Å²) in [5.74, 6) is 4.70. The smallest absolute Gasteiger partial charge is 0.0129 e. The molecule has 4 rings (SSSR count). The lowest BCUT2D eigenvalue weighted by Crippen LogP contribution is -2.54. The van der Waals surface area contributed by atoms with E-state index in [4.69, 9.17) is 0 Å². The van der Waals surface area contributed by atoms with E-state index in [1.807, 2.05) is 0 Å². The van der Waals surface area contributed by atoms with E-state index in [0.717, 1.165) is 29.6 Å². The number of benzene rings is 1. The maximum atomic E-state index is 2.75. The Morgan fingerprint density at radius 2 is 1.47 bits per heavy atom. The highest BCUT2D eigenvalue weighted by atomic mass is 14.6. The van der Waals surface area contributed by atoms with E-state index in [9.17, 15) is 0 Å². The second kappa shape index (κ2) is 8.95. The quantitative estimate of drug-likeness (QED) is 0.417. The molecule has 1 aromatic carbocycles. The molecule has 1 aromatic rings. The van der Waals surface area contributed by atoms with E-state index >= 15 is 0 Å². The summed E-state index contributed by atoms with van der Waals surface area (Å²) in [4.78, 5) is 0. The Morgan fingerprint density at radius 1 is 0.853 bits per heavy atom. The van der Waals surface area contributed by atoms with Crippen molar-refractivity contribution in [1.82, 2.24) is 0 Å². The van der Waals surface area contributed by atoms with Crippen molar-refractivity contribution < 1.29 is 0 Å². The highest BCUT2D eigenvalue weighted by molar-refractivity contribution is 5.43. The van der Waals surface area contributed by atoms with Gasteiger partial charge in [0.05, 0.1) is 0 Å². The van der Waals surface area contributed by atoms with E-state index in [1.165, 1.54) is 57.8 Å². The predicted molar refractivity (Wildman–Crippen MR) is 149 cm³/mol. The van der Waals surface area contributed by atoms with Gasteiger partial charge >= 0.3 is 0 Å². The molecule has 34 heavy (non-hydrogen) atoms. The summed E-state index contributed by atoms with van der Waals surface area (Å²) in [6, 6.07) is 7.22. The average Bonchev–Trinajstić information content (AvgIpc) is 2.71. The van der Waals surface area contributed by atoms with Crippen molar-refractivity contribution in [1.29, 1.82) is 0 Å². The molecule has 0 aliphatic heterocycles. The van der Waals surface area contributed by atoms with Crippen molar-refractivity contribution in [3.05, 3.63) is 34.9 Å². The number of rotatable bonds is 3. The van der Waals surface area contributed by atoms with E-state index in [1.54, 1.807) is 16.7 Å². The molecule has 6 atom stereocenters. The molecule has 3 aliphatic carbocycles. The topological polar surface area (TPSA) is 0 Å². The molecular weight excluding hydrogens is 408 g/mol. The molecule has 0 heterocycles. The van der Waals surface area contributed by atoms with Crippen molar-refractivity contribution in [3.63, 3.8) is 0 Å². The standard InChI is InChI=1S/C34H56/c1-23(2)24-15-17-27-25(21-24)16-18-30-33(9,19-12-20-34(27,30)10)22-26-28(31(3,4)5)13-11-14-29(26)32(6,7)8/h11,13-14,23-25,27,30H,12,15-22H2,1-10H3/t24?,25?,27-,30?,33-,34-/m1/s1. The van der Waals surface area contributed by atoms with Crippen molar-refractivity contribution in [2.24, 2.45) is 40.4 Å². The van der Waals surface area contributed by atoms with E-state index in [0.29, 0.717) is 10.8 Å². The first-order valence-corrected chi connectivity index (χ1v) is 14.8. The van der Waals surface area contributed by atoms with Crippen LogP contribution in [0.15, 0.2) is 18.2 Å². The first-order valence-electron chi connectivity index (χ1n) is 14.8. The van der Waals surface area contributed by atoms with Crippen LogP contribution in [0.1, 0.15) is 137 Å². The first kappa shape index (κ1) is 26.3. The molecule has 0 N–H and O–H groups in total. The number of hydrogen-bond acceptors (Lipinski definition) is 0. The Hall–Kier alpha value is -0.780. The van der Waals surface area contributed by atoms with Gasteiger partial charge in [-0.1, -0.05) is 93.9 Å². The van der Waals surface area contributed by atoms with Crippen molar-refractivity contribution in [2.75, 3.05) is 0 Å². The third-order valence-electron chi connectivity index (χ3n) is 11.1. The predicted octanol–water partition coefficient (Wildman–Crippen LogP) is 10.1. The highest BCUT2D eigenvalue weighted by Gasteiger charge is 2.57. The normalized spacial score (nSPS) is 36.8. The molecule has 3 saturated carbocycles. The third kappa shape index (κ3) is 4.66. The van der Waals surface area contributed by atoms with Crippen LogP contribution in [-0.4, -0.2) is 0 Å². The second-order valence-corrected chi connectivity index (χ2v) is 15.8. The van der Waals surface area contributed by atoms with Crippen LogP contribution in [0.25, 0.3) is 0 Å². The minimum atomic E-state index is 0.192. The van der Waals surface area contributed by atoms with Gasteiger partial charge in [-0.25, -0.2) is 0 Å². The molecule has 0 heteroatoms. The fourth-order valence-corrected chi connectivity index (χ4v) is 9.41. The number of hydrogen-bond donors (Lipinski definition) is 0. The maximum Gasteiger partial charge on any atom is -0.0129 e. The lowest BCUT2D eigenvalue weighted by molar-refractivity contribution is -0.122. The SMILES string of the molecule is CC(C)C1CC[C@@H]2C(CCC3[C@@](C)(Cc4c(C(C)(C)C)cccc4C(C)(C)C)CCC[C@@]32C)C1. The van der Waals surface area contributed by atoms with Gasteiger partial charge in [0.25, 0.3) is 0 Å². The fourth-order valence-electron chi connectivity index (χ4n) is 9.41. The Kier molecular flexibility index (Phi) is 6.92. The summed E-state index contributed by atoms with van der Waals surface area (Å²) in [6.07, 6.45) is 13.1. The number of fused-ring (bicyclic) bond motifs is 3. The molecule has 3 fully saturated rings. The van der Waals surface area contributed by atoms with E-state index in [-0.39, 0.29) is 10.8 Å². The minimum absolute atomic E-state index is 0.192. The van der Waals surface area contributed by atoms with Crippen LogP contribution in [-0.2, 0) is 17.3 Å². The van der Waals surface area contributed by atoms with Crippen LogP contribution in [0.2, 0.25) is 0 Å². The van der Waals surface area contributed by atoms with Crippen LogP contribution >= 0.6 is 0 Å². The van der Waals surface area contributed by atoms with Crippen LogP contribution in [0.4, 0.5) is 0 Å². The van der Waals surface area contributed by atoms with E-state index < -0.39 is 0 Å². The first-order chi connectivity index (χ1) is 15.7. The maximum absolute atomic E-state index is 2.75. The Bertz CT molecular complexity index is 829. The zero-order chi connectivity index (χ0) is 25.1. The average molecular weight is 465 g/mol. The summed E-state index contributed by atoms with van der Waals surface area (Å²) in [5.41, 5.74) is 6.25. The Balaban J connectivity index is 1.70. The van der Waals surface area contributed by atoms with Gasteiger partial charge in [0, 0.05) is 0 Å². The zero-order valence-electron chi connectivity index (χ0n) is 24.5. The molecule has 0 spiro atoms. The van der Waals surface area contributed by atoms with Gasteiger partial charge in [0.15, 0.2) is 0 Å². The molecule has 192 valence electrons. The zero-order valence-corrected chi connectivity index (χ0v) is 24.5. The van der Waals surface area contributed by atoms with Crippen LogP contribution in [0, 0.1) is 40.4 Å². The van der Waals surface area contributed by atoms with Gasteiger partial charge in [0.2, 0.25) is 0 Å². The van der Waals surface area contributed by atoms with Crippen molar-refractivity contribution >= 4 is 0 Å². The van der Waals surface area contributed by atoms with Gasteiger partial charge < -0.3 is 0 Å². The largest absolute Gasteiger partial charge is 0.0625 e. The molecule has 3 aliphatic rings. The molecule has 0 nitrogen and oxygen atoms in total. The summed E-state index contributed by atoms with van der Waals surface area (Å²) < 4.78 is 0. The van der Waals surface area contributed by atoms with Gasteiger partial charge in [-0.05, 0) is 119 Å². The van der Waals surface area contributed by atoms with Gasteiger partial charge in [-0.2, -0.15) is 0 Å². The molecule has 0 radical (unpaired) electrons. The lowest BCUT2D eigenvalue weighted by atomic mass is 9.43. The van der Waals surface area contributed by atoms with Crippen molar-refractivity contribution in [2.45, 2.75) is 138 Å². The van der Waals surface area contributed by atoms with Gasteiger partial charge in [-0.3, -0.25) is 0 Å².